The third-order valence-corrected chi connectivity index (χ3v) is 4.23. The highest BCUT2D eigenvalue weighted by atomic mass is 35.5. The van der Waals surface area contributed by atoms with Crippen molar-refractivity contribution in [3.8, 4) is 0 Å². The molecule has 1 aliphatic carbocycles. The molecule has 2 N–H and O–H groups in total. The predicted molar refractivity (Wildman–Crippen MR) is 93.4 cm³/mol. The van der Waals surface area contributed by atoms with Gasteiger partial charge in [0.2, 0.25) is 0 Å². The zero-order chi connectivity index (χ0) is 16.2. The van der Waals surface area contributed by atoms with E-state index in [1.165, 1.54) is 0 Å². The minimum atomic E-state index is -0.114. The molecule has 6 heteroatoms. The van der Waals surface area contributed by atoms with Crippen molar-refractivity contribution >= 4 is 34.8 Å². The number of benzene rings is 1. The highest BCUT2D eigenvalue weighted by molar-refractivity contribution is 6.35. The molecule has 1 aromatic heterocycles. The number of rotatable bonds is 6. The lowest BCUT2D eigenvalue weighted by Crippen LogP contribution is -2.26. The van der Waals surface area contributed by atoms with Crippen LogP contribution in [0.1, 0.15) is 28.9 Å². The van der Waals surface area contributed by atoms with Crippen molar-refractivity contribution in [3.63, 3.8) is 0 Å². The van der Waals surface area contributed by atoms with E-state index in [1.807, 2.05) is 18.2 Å². The molecule has 1 saturated carbocycles. The van der Waals surface area contributed by atoms with E-state index in [2.05, 4.69) is 15.6 Å². The van der Waals surface area contributed by atoms with Gasteiger partial charge < -0.3 is 10.6 Å². The summed E-state index contributed by atoms with van der Waals surface area (Å²) >= 11 is 12.0. The fourth-order valence-electron chi connectivity index (χ4n) is 2.22. The van der Waals surface area contributed by atoms with Crippen LogP contribution < -0.4 is 10.6 Å². The second kappa shape index (κ2) is 7.20. The Balaban J connectivity index is 1.56. The Bertz CT molecular complexity index is 717. The van der Waals surface area contributed by atoms with E-state index in [0.29, 0.717) is 28.3 Å². The molecule has 1 heterocycles. The summed E-state index contributed by atoms with van der Waals surface area (Å²) in [5.41, 5.74) is 2.33. The average molecular weight is 350 g/mol. The number of nitrogens with one attached hydrogen (secondary N) is 2. The molecule has 0 bridgehead atoms. The molecule has 23 heavy (non-hydrogen) atoms. The van der Waals surface area contributed by atoms with Crippen molar-refractivity contribution in [2.45, 2.75) is 25.3 Å². The summed E-state index contributed by atoms with van der Waals surface area (Å²) in [5.74, 6) is -0.114. The molecule has 0 aliphatic heterocycles. The van der Waals surface area contributed by atoms with Gasteiger partial charge in [0.25, 0.3) is 5.91 Å². The lowest BCUT2D eigenvalue weighted by Gasteiger charge is -2.09. The number of carbonyl (C=O) groups excluding carboxylic acids is 1. The lowest BCUT2D eigenvalue weighted by atomic mass is 10.1. The van der Waals surface area contributed by atoms with E-state index < -0.39 is 0 Å². The highest BCUT2D eigenvalue weighted by Crippen LogP contribution is 2.22. The molecule has 0 saturated heterocycles. The summed E-state index contributed by atoms with van der Waals surface area (Å²) in [6, 6.07) is 9.43. The predicted octanol–water partition coefficient (Wildman–Crippen LogP) is 3.94. The molecule has 0 unspecified atom stereocenters. The van der Waals surface area contributed by atoms with Crippen LogP contribution in [0.15, 0.2) is 36.5 Å². The largest absolute Gasteiger partial charge is 0.385 e. The summed E-state index contributed by atoms with van der Waals surface area (Å²) in [6.07, 6.45) is 4.53. The van der Waals surface area contributed by atoms with Crippen LogP contribution in [0.5, 0.6) is 0 Å². The van der Waals surface area contributed by atoms with Crippen molar-refractivity contribution in [3.05, 3.63) is 57.8 Å². The number of nitrogens with zero attached hydrogens (tertiary/aromatic N) is 1. The average Bonchev–Trinajstić information content (AvgIpc) is 3.34. The van der Waals surface area contributed by atoms with Gasteiger partial charge in [-0.2, -0.15) is 0 Å². The summed E-state index contributed by atoms with van der Waals surface area (Å²) in [4.78, 5) is 16.1. The third kappa shape index (κ3) is 4.60. The minimum Gasteiger partial charge on any atom is -0.385 e. The topological polar surface area (TPSA) is 54.0 Å². The number of aromatic nitrogens is 1. The first-order valence-electron chi connectivity index (χ1n) is 7.56. The van der Waals surface area contributed by atoms with E-state index in [1.54, 1.807) is 18.3 Å². The number of hydrogen-bond donors (Lipinski definition) is 2. The summed E-state index contributed by atoms with van der Waals surface area (Å²) in [7, 11) is 0. The molecular formula is C17H17Cl2N3O. The fourth-order valence-corrected chi connectivity index (χ4v) is 2.72. The van der Waals surface area contributed by atoms with Crippen LogP contribution in [-0.4, -0.2) is 23.5 Å². The number of pyridine rings is 1. The zero-order valence-electron chi connectivity index (χ0n) is 12.5. The van der Waals surface area contributed by atoms with Crippen LogP contribution in [0.4, 0.5) is 5.69 Å². The normalized spacial score (nSPS) is 13.7. The number of amides is 1. The molecular weight excluding hydrogens is 333 g/mol. The van der Waals surface area contributed by atoms with Crippen LogP contribution in [0.3, 0.4) is 0 Å². The quantitative estimate of drug-likeness (QED) is 0.830. The van der Waals surface area contributed by atoms with Crippen LogP contribution >= 0.6 is 23.2 Å². The van der Waals surface area contributed by atoms with Gasteiger partial charge in [-0.15, -0.1) is 0 Å². The van der Waals surface area contributed by atoms with Crippen LogP contribution in [-0.2, 0) is 6.42 Å². The molecule has 120 valence electrons. The van der Waals surface area contributed by atoms with Gasteiger partial charge in [-0.1, -0.05) is 29.3 Å². The fraction of sp³-hybridized carbons (Fsp3) is 0.294. The molecule has 1 aromatic carbocycles. The van der Waals surface area contributed by atoms with Crippen molar-refractivity contribution in [1.29, 1.82) is 0 Å². The smallest absolute Gasteiger partial charge is 0.270 e. The standard InChI is InChI=1S/C17H17Cl2N3O/c18-12-2-1-11(15(19)9-12)5-7-20-14-6-8-21-16(10-14)17(23)22-13-3-4-13/h1-2,6,8-10,13H,3-5,7H2,(H,20,21)(H,22,23). The van der Waals surface area contributed by atoms with Crippen molar-refractivity contribution < 1.29 is 4.79 Å². The third-order valence-electron chi connectivity index (χ3n) is 3.64. The van der Waals surface area contributed by atoms with Crippen molar-refractivity contribution in [2.75, 3.05) is 11.9 Å². The second-order valence-electron chi connectivity index (χ2n) is 5.59. The van der Waals surface area contributed by atoms with Gasteiger partial charge in [0.1, 0.15) is 5.69 Å². The zero-order valence-corrected chi connectivity index (χ0v) is 14.0. The maximum atomic E-state index is 12.0. The molecule has 1 aliphatic rings. The summed E-state index contributed by atoms with van der Waals surface area (Å²) in [6.45, 7) is 0.703. The van der Waals surface area contributed by atoms with E-state index in [4.69, 9.17) is 23.2 Å². The van der Waals surface area contributed by atoms with Crippen molar-refractivity contribution in [2.24, 2.45) is 0 Å². The van der Waals surface area contributed by atoms with Gasteiger partial charge in [-0.3, -0.25) is 9.78 Å². The van der Waals surface area contributed by atoms with E-state index >= 15 is 0 Å². The highest BCUT2D eigenvalue weighted by Gasteiger charge is 2.24. The Kier molecular flexibility index (Phi) is 5.03. The second-order valence-corrected chi connectivity index (χ2v) is 6.43. The Hall–Kier alpha value is -1.78. The molecule has 0 spiro atoms. The van der Waals surface area contributed by atoms with Gasteiger partial charge in [-0.25, -0.2) is 0 Å². The van der Waals surface area contributed by atoms with Gasteiger partial charge in [0, 0.05) is 34.5 Å². The lowest BCUT2D eigenvalue weighted by molar-refractivity contribution is 0.0946. The number of carbonyl (C=O) groups is 1. The molecule has 1 fully saturated rings. The monoisotopic (exact) mass is 349 g/mol. The Morgan fingerprint density at radius 1 is 1.22 bits per heavy atom. The molecule has 3 rings (SSSR count). The Morgan fingerprint density at radius 3 is 2.78 bits per heavy atom. The van der Waals surface area contributed by atoms with E-state index in [9.17, 15) is 4.79 Å². The molecule has 0 radical (unpaired) electrons. The van der Waals surface area contributed by atoms with E-state index in [0.717, 1.165) is 30.5 Å². The molecule has 0 atom stereocenters. The van der Waals surface area contributed by atoms with Crippen LogP contribution in [0.25, 0.3) is 0 Å². The van der Waals surface area contributed by atoms with Crippen molar-refractivity contribution in [1.82, 2.24) is 10.3 Å². The number of anilines is 1. The SMILES string of the molecule is O=C(NC1CC1)c1cc(NCCc2ccc(Cl)cc2Cl)ccn1. The van der Waals surface area contributed by atoms with Crippen LogP contribution in [0.2, 0.25) is 10.0 Å². The maximum absolute atomic E-state index is 12.0. The first-order chi connectivity index (χ1) is 11.1. The van der Waals surface area contributed by atoms with Crippen LogP contribution in [0, 0.1) is 0 Å². The van der Waals surface area contributed by atoms with Gasteiger partial charge in [-0.05, 0) is 49.1 Å². The first-order valence-corrected chi connectivity index (χ1v) is 8.32. The summed E-state index contributed by atoms with van der Waals surface area (Å²) in [5, 5.41) is 7.52. The minimum absolute atomic E-state index is 0.114. The number of hydrogen-bond acceptors (Lipinski definition) is 3. The van der Waals surface area contributed by atoms with Gasteiger partial charge >= 0.3 is 0 Å². The van der Waals surface area contributed by atoms with Gasteiger partial charge in [0.15, 0.2) is 0 Å². The van der Waals surface area contributed by atoms with E-state index in [-0.39, 0.29) is 5.91 Å². The van der Waals surface area contributed by atoms with Gasteiger partial charge in [0.05, 0.1) is 0 Å². The molecule has 2 aromatic rings. The maximum Gasteiger partial charge on any atom is 0.270 e. The molecule has 4 nitrogen and oxygen atoms in total. The Labute approximate surface area is 145 Å². The summed E-state index contributed by atoms with van der Waals surface area (Å²) < 4.78 is 0. The Morgan fingerprint density at radius 2 is 2.04 bits per heavy atom. The number of halogens is 2. The first kappa shape index (κ1) is 16.1. The molecule has 1 amide bonds.